The lowest BCUT2D eigenvalue weighted by Gasteiger charge is -2.59. The van der Waals surface area contributed by atoms with E-state index in [2.05, 4.69) is 5.92 Å². The van der Waals surface area contributed by atoms with Crippen LogP contribution in [0.15, 0.2) is 0 Å². The number of hydrogen-bond donors (Lipinski definition) is 0. The van der Waals surface area contributed by atoms with Gasteiger partial charge in [-0.2, -0.15) is 0 Å². The molecule has 0 aromatic rings. The van der Waals surface area contributed by atoms with Crippen molar-refractivity contribution < 1.29 is 0 Å². The molecule has 0 amide bonds. The van der Waals surface area contributed by atoms with Gasteiger partial charge in [0, 0.05) is 0 Å². The van der Waals surface area contributed by atoms with E-state index in [1.807, 2.05) is 0 Å². The van der Waals surface area contributed by atoms with Crippen LogP contribution >= 0.6 is 0 Å². The van der Waals surface area contributed by atoms with E-state index in [4.69, 9.17) is 0 Å². The maximum absolute atomic E-state index is 2.18. The molecule has 5 fully saturated rings. The van der Waals surface area contributed by atoms with Crippen molar-refractivity contribution in [3.63, 3.8) is 0 Å². The molecule has 0 aromatic heterocycles. The standard InChI is InChI=1S/C26H43/c1-3-11-21(12-4-1)26(18-7-2-8-19-26)25-15-9-14-23-22-13-6-5-10-20(22)16-17-24(23)25/h20-24H,1-19H2. The Labute approximate surface area is 163 Å². The molecule has 5 rings (SSSR count). The van der Waals surface area contributed by atoms with Crippen molar-refractivity contribution in [2.45, 2.75) is 122 Å². The van der Waals surface area contributed by atoms with Crippen molar-refractivity contribution in [2.75, 3.05) is 0 Å². The van der Waals surface area contributed by atoms with E-state index < -0.39 is 0 Å². The molecule has 0 saturated heterocycles. The molecule has 0 aliphatic heterocycles. The normalized spacial score (nSPS) is 42.0. The predicted octanol–water partition coefficient (Wildman–Crippen LogP) is 8.11. The highest BCUT2D eigenvalue weighted by atomic mass is 14.6. The van der Waals surface area contributed by atoms with Crippen molar-refractivity contribution in [1.82, 2.24) is 0 Å². The minimum absolute atomic E-state index is 0.712. The second-order valence-electron chi connectivity index (χ2n) is 11.0. The van der Waals surface area contributed by atoms with Crippen LogP contribution in [0.4, 0.5) is 0 Å². The Kier molecular flexibility index (Phi) is 5.41. The SMILES string of the molecule is C1CCC(C2([C]3CCCC4C3CCC3CCCCC34)CCCCC2)CC1. The molecule has 5 aliphatic carbocycles. The van der Waals surface area contributed by atoms with Crippen LogP contribution in [0.2, 0.25) is 0 Å². The van der Waals surface area contributed by atoms with E-state index >= 15 is 0 Å². The maximum Gasteiger partial charge on any atom is -0.0143 e. The van der Waals surface area contributed by atoms with E-state index in [9.17, 15) is 0 Å². The average molecular weight is 356 g/mol. The summed E-state index contributed by atoms with van der Waals surface area (Å²) in [4.78, 5) is 0. The summed E-state index contributed by atoms with van der Waals surface area (Å²) < 4.78 is 0. The highest BCUT2D eigenvalue weighted by molar-refractivity contribution is 5.18. The lowest BCUT2D eigenvalue weighted by molar-refractivity contribution is -0.0151. The number of fused-ring (bicyclic) bond motifs is 3. The van der Waals surface area contributed by atoms with Crippen LogP contribution in [0, 0.1) is 40.9 Å². The molecule has 0 bridgehead atoms. The molecule has 5 saturated carbocycles. The number of rotatable bonds is 2. The molecule has 0 spiro atoms. The summed E-state index contributed by atoms with van der Waals surface area (Å²) in [5.74, 6) is 7.69. The van der Waals surface area contributed by atoms with Crippen LogP contribution in [-0.4, -0.2) is 0 Å². The second-order valence-corrected chi connectivity index (χ2v) is 11.0. The van der Waals surface area contributed by atoms with Crippen molar-refractivity contribution in [2.24, 2.45) is 35.0 Å². The Balaban J connectivity index is 1.42. The zero-order valence-electron chi connectivity index (χ0n) is 17.3. The number of hydrogen-bond acceptors (Lipinski definition) is 0. The summed E-state index contributed by atoms with van der Waals surface area (Å²) in [5.41, 5.74) is 0.712. The molecule has 0 heterocycles. The van der Waals surface area contributed by atoms with Gasteiger partial charge in [-0.05, 0) is 98.7 Å². The van der Waals surface area contributed by atoms with E-state index in [1.54, 1.807) is 103 Å². The molecule has 0 nitrogen and oxygen atoms in total. The molecule has 1 radical (unpaired) electrons. The van der Waals surface area contributed by atoms with Crippen LogP contribution in [0.5, 0.6) is 0 Å². The van der Waals surface area contributed by atoms with Crippen LogP contribution < -0.4 is 0 Å². The van der Waals surface area contributed by atoms with Crippen molar-refractivity contribution >= 4 is 0 Å². The van der Waals surface area contributed by atoms with Gasteiger partial charge in [-0.1, -0.05) is 64.2 Å². The summed E-state index contributed by atoms with van der Waals surface area (Å²) >= 11 is 0. The Morgan fingerprint density at radius 2 is 1.23 bits per heavy atom. The summed E-state index contributed by atoms with van der Waals surface area (Å²) in [6, 6.07) is 0. The summed E-state index contributed by atoms with van der Waals surface area (Å²) in [6.45, 7) is 0. The quantitative estimate of drug-likeness (QED) is 0.469. The van der Waals surface area contributed by atoms with Crippen LogP contribution in [0.1, 0.15) is 122 Å². The molecular weight excluding hydrogens is 312 g/mol. The average Bonchev–Trinajstić information content (AvgIpc) is 2.74. The van der Waals surface area contributed by atoms with Crippen molar-refractivity contribution in [3.8, 4) is 0 Å². The van der Waals surface area contributed by atoms with Gasteiger partial charge in [0.2, 0.25) is 0 Å². The van der Waals surface area contributed by atoms with Gasteiger partial charge in [-0.3, -0.25) is 0 Å². The van der Waals surface area contributed by atoms with Gasteiger partial charge in [0.15, 0.2) is 0 Å². The Morgan fingerprint density at radius 3 is 2.08 bits per heavy atom. The predicted molar refractivity (Wildman–Crippen MR) is 111 cm³/mol. The van der Waals surface area contributed by atoms with Crippen LogP contribution in [-0.2, 0) is 0 Å². The highest BCUT2D eigenvalue weighted by Crippen LogP contribution is 2.63. The summed E-state index contributed by atoms with van der Waals surface area (Å²) in [7, 11) is 0. The Bertz CT molecular complexity index is 453. The lowest BCUT2D eigenvalue weighted by atomic mass is 9.46. The summed E-state index contributed by atoms with van der Waals surface area (Å²) in [5, 5.41) is 0. The molecule has 4 atom stereocenters. The molecule has 147 valence electrons. The van der Waals surface area contributed by atoms with Gasteiger partial charge < -0.3 is 0 Å². The smallest absolute Gasteiger partial charge is 0.0143 e. The third-order valence-corrected chi connectivity index (χ3v) is 10.1. The van der Waals surface area contributed by atoms with E-state index in [0.717, 1.165) is 29.6 Å². The molecule has 0 aromatic carbocycles. The topological polar surface area (TPSA) is 0 Å². The van der Waals surface area contributed by atoms with Gasteiger partial charge in [-0.25, -0.2) is 0 Å². The fraction of sp³-hybridized carbons (Fsp3) is 0.962. The third-order valence-electron chi connectivity index (χ3n) is 10.1. The fourth-order valence-electron chi connectivity index (χ4n) is 9.07. The summed E-state index contributed by atoms with van der Waals surface area (Å²) in [6.07, 6.45) is 29.7. The largest absolute Gasteiger partial charge is 0.0533 e. The zero-order chi connectivity index (χ0) is 17.4. The molecule has 26 heavy (non-hydrogen) atoms. The minimum Gasteiger partial charge on any atom is -0.0533 e. The lowest BCUT2D eigenvalue weighted by Crippen LogP contribution is -2.49. The molecular formula is C26H43. The van der Waals surface area contributed by atoms with Crippen molar-refractivity contribution in [1.29, 1.82) is 0 Å². The van der Waals surface area contributed by atoms with Gasteiger partial charge >= 0.3 is 0 Å². The molecule has 0 heteroatoms. The fourth-order valence-corrected chi connectivity index (χ4v) is 9.07. The van der Waals surface area contributed by atoms with Crippen LogP contribution in [0.3, 0.4) is 0 Å². The monoisotopic (exact) mass is 355 g/mol. The van der Waals surface area contributed by atoms with Gasteiger partial charge in [0.1, 0.15) is 0 Å². The maximum atomic E-state index is 2.18. The molecule has 0 N–H and O–H groups in total. The first kappa shape index (κ1) is 18.1. The Hall–Kier alpha value is 0. The van der Waals surface area contributed by atoms with Crippen molar-refractivity contribution in [3.05, 3.63) is 5.92 Å². The van der Waals surface area contributed by atoms with Gasteiger partial charge in [0.25, 0.3) is 0 Å². The molecule has 5 aliphatic rings. The zero-order valence-corrected chi connectivity index (χ0v) is 17.3. The van der Waals surface area contributed by atoms with E-state index in [1.165, 1.54) is 19.3 Å². The Morgan fingerprint density at radius 1 is 0.538 bits per heavy atom. The second kappa shape index (κ2) is 7.79. The molecule has 4 unspecified atom stereocenters. The first-order valence-electron chi connectivity index (χ1n) is 12.7. The van der Waals surface area contributed by atoms with Gasteiger partial charge in [-0.15, -0.1) is 0 Å². The van der Waals surface area contributed by atoms with Gasteiger partial charge in [0.05, 0.1) is 0 Å². The highest BCUT2D eigenvalue weighted by Gasteiger charge is 2.53. The van der Waals surface area contributed by atoms with Crippen LogP contribution in [0.25, 0.3) is 0 Å². The minimum atomic E-state index is 0.712. The first-order valence-corrected chi connectivity index (χ1v) is 12.7. The first-order chi connectivity index (χ1) is 12.9. The third kappa shape index (κ3) is 3.10. The van der Waals surface area contributed by atoms with E-state index in [-0.39, 0.29) is 0 Å². The van der Waals surface area contributed by atoms with E-state index in [0.29, 0.717) is 5.41 Å².